The van der Waals surface area contributed by atoms with Crippen LogP contribution in [-0.4, -0.2) is 54.8 Å². The first kappa shape index (κ1) is 32.3. The molecule has 2 aromatic carbocycles. The van der Waals surface area contributed by atoms with Gasteiger partial charge in [-0.2, -0.15) is 4.98 Å². The number of aryl methyl sites for hydroxylation is 2. The van der Waals surface area contributed by atoms with E-state index in [1.165, 1.54) is 32.1 Å². The van der Waals surface area contributed by atoms with Crippen molar-refractivity contribution in [2.45, 2.75) is 95.9 Å². The van der Waals surface area contributed by atoms with E-state index >= 15 is 0 Å². The predicted octanol–water partition coefficient (Wildman–Crippen LogP) is 7.43. The van der Waals surface area contributed by atoms with Gasteiger partial charge in [-0.3, -0.25) is 0 Å². The van der Waals surface area contributed by atoms with Crippen molar-refractivity contribution in [1.29, 1.82) is 0 Å². The van der Waals surface area contributed by atoms with Crippen molar-refractivity contribution in [1.82, 2.24) is 14.9 Å². The van der Waals surface area contributed by atoms with Crippen molar-refractivity contribution in [3.05, 3.63) is 59.8 Å². The van der Waals surface area contributed by atoms with E-state index in [2.05, 4.69) is 39.6 Å². The maximum absolute atomic E-state index is 12.8. The lowest BCUT2D eigenvalue weighted by molar-refractivity contribution is 0.229. The first-order valence-electron chi connectivity index (χ1n) is 14.5. The third-order valence-corrected chi connectivity index (χ3v) is 9.30. The minimum absolute atomic E-state index is 0.0221. The number of hydrogen-bond acceptors (Lipinski definition) is 8. The molecule has 1 heterocycles. The van der Waals surface area contributed by atoms with Crippen LogP contribution >= 0.6 is 0 Å². The minimum Gasteiger partial charge on any atom is -0.489 e. The van der Waals surface area contributed by atoms with Gasteiger partial charge in [0.1, 0.15) is 11.6 Å². The van der Waals surface area contributed by atoms with E-state index in [4.69, 9.17) is 4.74 Å². The van der Waals surface area contributed by atoms with Crippen molar-refractivity contribution in [2.75, 3.05) is 24.7 Å². The van der Waals surface area contributed by atoms with Crippen molar-refractivity contribution in [3.8, 4) is 5.75 Å². The lowest BCUT2D eigenvalue weighted by Crippen LogP contribution is -2.29. The topological polar surface area (TPSA) is 96.5 Å². The molecular weight excluding hydrogens is 534 g/mol. The van der Waals surface area contributed by atoms with Gasteiger partial charge in [0.2, 0.25) is 5.95 Å². The highest BCUT2D eigenvalue weighted by Crippen LogP contribution is 2.31. The van der Waals surface area contributed by atoms with E-state index in [1.807, 2.05) is 45.9 Å². The molecule has 0 radical (unpaired) electrons. The first-order valence-corrected chi connectivity index (χ1v) is 16.1. The number of hydrogen-bond donors (Lipinski definition) is 2. The Bertz CT molecular complexity index is 1380. The molecule has 0 bridgehead atoms. The minimum atomic E-state index is -3.46. The SMILES string of the molecule is CN(C)C1CCCCC1.Cc1ccc(OC(C)C)c(Nc2ncc(C)c(Nc3ccccc3S(=O)(=O)C(C)C)n2)c1. The summed E-state index contributed by atoms with van der Waals surface area (Å²) in [6, 6.07) is 13.6. The van der Waals surface area contributed by atoms with Crippen molar-refractivity contribution in [3.63, 3.8) is 0 Å². The second kappa shape index (κ2) is 14.6. The second-order valence-corrected chi connectivity index (χ2v) is 14.0. The Morgan fingerprint density at radius 3 is 2.22 bits per heavy atom. The lowest BCUT2D eigenvalue weighted by Gasteiger charge is -2.27. The van der Waals surface area contributed by atoms with Gasteiger partial charge in [0.25, 0.3) is 0 Å². The van der Waals surface area contributed by atoms with Gasteiger partial charge in [-0.25, -0.2) is 13.4 Å². The zero-order valence-corrected chi connectivity index (χ0v) is 26.7. The Labute approximate surface area is 246 Å². The number of sulfone groups is 1. The third kappa shape index (κ3) is 9.16. The van der Waals surface area contributed by atoms with E-state index in [0.717, 1.165) is 22.9 Å². The van der Waals surface area contributed by atoms with E-state index < -0.39 is 15.1 Å². The molecular formula is C32H47N5O3S. The van der Waals surface area contributed by atoms with Gasteiger partial charge in [0.05, 0.1) is 27.6 Å². The zero-order valence-electron chi connectivity index (χ0n) is 25.9. The Morgan fingerprint density at radius 1 is 0.927 bits per heavy atom. The number of nitrogens with one attached hydrogen (secondary N) is 2. The fourth-order valence-corrected chi connectivity index (χ4v) is 5.85. The molecule has 1 aliphatic carbocycles. The van der Waals surface area contributed by atoms with Crippen LogP contribution in [0.25, 0.3) is 0 Å². The third-order valence-electron chi connectivity index (χ3n) is 7.09. The maximum atomic E-state index is 12.8. The number of ether oxygens (including phenoxy) is 1. The average Bonchev–Trinajstić information content (AvgIpc) is 2.93. The monoisotopic (exact) mass is 581 g/mol. The number of nitrogens with zero attached hydrogens (tertiary/aromatic N) is 3. The summed E-state index contributed by atoms with van der Waals surface area (Å²) in [5.74, 6) is 1.60. The Balaban J connectivity index is 0.000000436. The fraction of sp³-hybridized carbons (Fsp3) is 0.500. The molecule has 1 aromatic heterocycles. The number of anilines is 4. The van der Waals surface area contributed by atoms with Gasteiger partial charge in [-0.1, -0.05) is 37.5 Å². The van der Waals surface area contributed by atoms with Crippen LogP contribution in [0.15, 0.2) is 53.6 Å². The summed E-state index contributed by atoms with van der Waals surface area (Å²) in [7, 11) is 0.922. The van der Waals surface area contributed by atoms with Gasteiger partial charge in [0, 0.05) is 17.8 Å². The molecule has 3 aromatic rings. The molecule has 0 unspecified atom stereocenters. The quantitative estimate of drug-likeness (QED) is 0.269. The highest BCUT2D eigenvalue weighted by atomic mass is 32.2. The summed E-state index contributed by atoms with van der Waals surface area (Å²) in [5, 5.41) is 5.88. The molecule has 41 heavy (non-hydrogen) atoms. The van der Waals surface area contributed by atoms with Gasteiger partial charge >= 0.3 is 0 Å². The van der Waals surface area contributed by atoms with Crippen molar-refractivity contribution in [2.24, 2.45) is 0 Å². The molecule has 0 amide bonds. The molecule has 4 rings (SSSR count). The van der Waals surface area contributed by atoms with Crippen LogP contribution in [0.5, 0.6) is 5.75 Å². The molecule has 1 fully saturated rings. The number of rotatable bonds is 9. The average molecular weight is 582 g/mol. The summed E-state index contributed by atoms with van der Waals surface area (Å²) in [4.78, 5) is 11.6. The molecule has 8 nitrogen and oxygen atoms in total. The van der Waals surface area contributed by atoms with Crippen molar-refractivity contribution >= 4 is 33.0 Å². The summed E-state index contributed by atoms with van der Waals surface area (Å²) < 4.78 is 31.5. The Morgan fingerprint density at radius 2 is 1.61 bits per heavy atom. The molecule has 2 N–H and O–H groups in total. The van der Waals surface area contributed by atoms with Gasteiger partial charge in [0.15, 0.2) is 9.84 Å². The molecule has 1 saturated carbocycles. The molecule has 224 valence electrons. The summed E-state index contributed by atoms with van der Waals surface area (Å²) >= 11 is 0. The smallest absolute Gasteiger partial charge is 0.229 e. The molecule has 1 aliphatic rings. The molecule has 0 saturated heterocycles. The Hall–Kier alpha value is -3.17. The normalized spacial score (nSPS) is 14.1. The number of aromatic nitrogens is 2. The van der Waals surface area contributed by atoms with E-state index in [-0.39, 0.29) is 11.0 Å². The molecule has 0 aliphatic heterocycles. The Kier molecular flexibility index (Phi) is 11.5. The summed E-state index contributed by atoms with van der Waals surface area (Å²) in [6.07, 6.45) is 8.92. The second-order valence-electron chi connectivity index (χ2n) is 11.5. The largest absolute Gasteiger partial charge is 0.489 e. The maximum Gasteiger partial charge on any atom is 0.229 e. The molecule has 0 spiro atoms. The number of benzene rings is 2. The van der Waals surface area contributed by atoms with E-state index in [9.17, 15) is 8.42 Å². The van der Waals surface area contributed by atoms with Crippen LogP contribution in [-0.2, 0) is 9.84 Å². The fourth-order valence-electron chi connectivity index (χ4n) is 4.64. The summed E-state index contributed by atoms with van der Waals surface area (Å²) in [6.45, 7) is 11.1. The van der Waals surface area contributed by atoms with Crippen LogP contribution in [0.4, 0.5) is 23.1 Å². The van der Waals surface area contributed by atoms with Crippen LogP contribution in [0.2, 0.25) is 0 Å². The first-order chi connectivity index (χ1) is 19.4. The predicted molar refractivity (Wildman–Crippen MR) is 170 cm³/mol. The van der Waals surface area contributed by atoms with Crippen LogP contribution < -0.4 is 15.4 Å². The highest BCUT2D eigenvalue weighted by Gasteiger charge is 2.23. The number of para-hydroxylation sites is 1. The van der Waals surface area contributed by atoms with Crippen LogP contribution in [0.3, 0.4) is 0 Å². The summed E-state index contributed by atoms with van der Waals surface area (Å²) in [5.41, 5.74) is 3.10. The van der Waals surface area contributed by atoms with E-state index in [0.29, 0.717) is 23.2 Å². The molecule has 9 heteroatoms. The van der Waals surface area contributed by atoms with Crippen LogP contribution in [0.1, 0.15) is 70.9 Å². The van der Waals surface area contributed by atoms with Crippen LogP contribution in [0, 0.1) is 13.8 Å². The van der Waals surface area contributed by atoms with Gasteiger partial charge in [-0.15, -0.1) is 0 Å². The standard InChI is InChI=1S/C24H30N4O3S.C8H17N/c1-15(2)31-21-12-11-17(5)13-20(21)27-24-25-14-18(6)23(28-24)26-19-9-7-8-10-22(19)32(29,30)16(3)4;1-9(2)8-6-4-3-5-7-8/h7-16H,1-6H3,(H2,25,26,27,28);8H,3-7H2,1-2H3. The lowest BCUT2D eigenvalue weighted by atomic mass is 9.95. The van der Waals surface area contributed by atoms with Gasteiger partial charge < -0.3 is 20.3 Å². The van der Waals surface area contributed by atoms with E-state index in [1.54, 1.807) is 44.3 Å². The zero-order chi connectivity index (χ0) is 30.2. The molecule has 0 atom stereocenters. The highest BCUT2D eigenvalue weighted by molar-refractivity contribution is 7.92. The van der Waals surface area contributed by atoms with Gasteiger partial charge in [-0.05, 0) is 98.3 Å². The van der Waals surface area contributed by atoms with Crippen molar-refractivity contribution < 1.29 is 13.2 Å².